The van der Waals surface area contributed by atoms with Gasteiger partial charge in [0.2, 0.25) is 0 Å². The standard InChI is InChI=1S/C5H10NO4P/c1-2-5-6(3-4-10-5)11(7,8)9/h2-4H2,1H3,(H-,7,8,9)/p+1. The summed E-state index contributed by atoms with van der Waals surface area (Å²) < 4.78 is 16.7. The molecule has 1 rings (SSSR count). The van der Waals surface area contributed by atoms with Crippen molar-refractivity contribution in [2.45, 2.75) is 13.3 Å². The van der Waals surface area contributed by atoms with Gasteiger partial charge in [-0.25, -0.2) is 0 Å². The van der Waals surface area contributed by atoms with Crippen molar-refractivity contribution in [2.75, 3.05) is 13.2 Å². The van der Waals surface area contributed by atoms with Crippen LogP contribution >= 0.6 is 7.75 Å². The van der Waals surface area contributed by atoms with E-state index in [-0.39, 0.29) is 6.54 Å². The summed E-state index contributed by atoms with van der Waals surface area (Å²) in [5.74, 6) is 0.387. The predicted octanol–water partition coefficient (Wildman–Crippen LogP) is -0.0697. The first-order valence-electron chi connectivity index (χ1n) is 3.38. The van der Waals surface area contributed by atoms with E-state index in [1.165, 1.54) is 0 Å². The molecule has 0 aromatic rings. The van der Waals surface area contributed by atoms with Crippen LogP contribution in [-0.4, -0.2) is 33.2 Å². The highest BCUT2D eigenvalue weighted by atomic mass is 31.2. The van der Waals surface area contributed by atoms with E-state index in [0.717, 1.165) is 4.35 Å². The topological polar surface area (TPSA) is 69.8 Å². The Labute approximate surface area is 64.5 Å². The largest absolute Gasteiger partial charge is 0.605 e. The summed E-state index contributed by atoms with van der Waals surface area (Å²) in [5, 5.41) is 0. The van der Waals surface area contributed by atoms with Crippen molar-refractivity contribution in [3.05, 3.63) is 0 Å². The average molecular weight is 180 g/mol. The Morgan fingerprint density at radius 1 is 1.73 bits per heavy atom. The fourth-order valence-corrected chi connectivity index (χ4v) is 1.84. The molecule has 0 atom stereocenters. The molecule has 11 heavy (non-hydrogen) atoms. The van der Waals surface area contributed by atoms with Gasteiger partial charge in [-0.1, -0.05) is 6.92 Å². The molecule has 1 aliphatic heterocycles. The van der Waals surface area contributed by atoms with Crippen LogP contribution in [0.1, 0.15) is 13.3 Å². The van der Waals surface area contributed by atoms with E-state index in [9.17, 15) is 4.57 Å². The van der Waals surface area contributed by atoms with Gasteiger partial charge >= 0.3 is 13.6 Å². The summed E-state index contributed by atoms with van der Waals surface area (Å²) in [4.78, 5) is 17.5. The van der Waals surface area contributed by atoms with Gasteiger partial charge in [-0.15, -0.1) is 4.35 Å². The second-order valence-corrected chi connectivity index (χ2v) is 3.74. The average Bonchev–Trinajstić information content (AvgIpc) is 2.31. The van der Waals surface area contributed by atoms with Crippen molar-refractivity contribution in [1.82, 2.24) is 0 Å². The van der Waals surface area contributed by atoms with Crippen LogP contribution in [0.5, 0.6) is 0 Å². The van der Waals surface area contributed by atoms with E-state index in [4.69, 9.17) is 14.5 Å². The SMILES string of the molecule is CCC1=[N+](P(=O)(O)O)CCO1. The fraction of sp³-hybridized carbons (Fsp3) is 0.800. The molecule has 0 saturated carbocycles. The summed E-state index contributed by atoms with van der Waals surface area (Å²) >= 11 is 0. The van der Waals surface area contributed by atoms with Gasteiger partial charge in [-0.3, -0.25) is 9.79 Å². The Bertz CT molecular complexity index is 231. The van der Waals surface area contributed by atoms with Gasteiger partial charge in [0.25, 0.3) is 0 Å². The second kappa shape index (κ2) is 2.93. The van der Waals surface area contributed by atoms with Crippen molar-refractivity contribution < 1.29 is 23.4 Å². The van der Waals surface area contributed by atoms with Gasteiger partial charge in [0.1, 0.15) is 0 Å². The van der Waals surface area contributed by atoms with Crippen LogP contribution in [0.15, 0.2) is 0 Å². The zero-order valence-electron chi connectivity index (χ0n) is 6.23. The molecule has 2 N–H and O–H groups in total. The van der Waals surface area contributed by atoms with Crippen molar-refractivity contribution in [1.29, 1.82) is 0 Å². The van der Waals surface area contributed by atoms with E-state index >= 15 is 0 Å². The predicted molar refractivity (Wildman–Crippen MR) is 38.4 cm³/mol. The molecule has 5 nitrogen and oxygen atoms in total. The van der Waals surface area contributed by atoms with E-state index in [1.807, 2.05) is 0 Å². The van der Waals surface area contributed by atoms with Crippen molar-refractivity contribution in [3.8, 4) is 0 Å². The first kappa shape index (κ1) is 8.71. The molecule has 0 aromatic heterocycles. The summed E-state index contributed by atoms with van der Waals surface area (Å²) in [6.07, 6.45) is 0.519. The summed E-state index contributed by atoms with van der Waals surface area (Å²) in [6.45, 7) is 2.45. The Hall–Kier alpha value is -0.380. The zero-order valence-corrected chi connectivity index (χ0v) is 7.12. The zero-order chi connectivity index (χ0) is 8.48. The molecule has 64 valence electrons. The minimum atomic E-state index is -4.11. The number of rotatable bonds is 2. The Kier molecular flexibility index (Phi) is 2.32. The lowest BCUT2D eigenvalue weighted by molar-refractivity contribution is -0.386. The molecule has 0 aromatic carbocycles. The summed E-state index contributed by atoms with van der Waals surface area (Å²) in [6, 6.07) is 0. The van der Waals surface area contributed by atoms with Gasteiger partial charge in [-0.2, -0.15) is 4.57 Å². The highest BCUT2D eigenvalue weighted by molar-refractivity contribution is 7.45. The molecule has 0 radical (unpaired) electrons. The van der Waals surface area contributed by atoms with Crippen LogP contribution < -0.4 is 0 Å². The van der Waals surface area contributed by atoms with Crippen molar-refractivity contribution in [2.24, 2.45) is 0 Å². The van der Waals surface area contributed by atoms with E-state index < -0.39 is 7.75 Å². The molecule has 0 unspecified atom stereocenters. The number of hydrogen-bond acceptors (Lipinski definition) is 2. The van der Waals surface area contributed by atoms with Crippen molar-refractivity contribution in [3.63, 3.8) is 0 Å². The molecule has 0 bridgehead atoms. The third kappa shape index (κ3) is 1.80. The van der Waals surface area contributed by atoms with Crippen LogP contribution in [0.4, 0.5) is 0 Å². The van der Waals surface area contributed by atoms with Gasteiger partial charge in [0.05, 0.1) is 6.42 Å². The van der Waals surface area contributed by atoms with Crippen LogP contribution in [0.25, 0.3) is 0 Å². The van der Waals surface area contributed by atoms with Gasteiger partial charge in [0.15, 0.2) is 13.2 Å². The van der Waals surface area contributed by atoms with Gasteiger partial charge in [-0.05, 0) is 0 Å². The van der Waals surface area contributed by atoms with Gasteiger partial charge in [0, 0.05) is 0 Å². The van der Waals surface area contributed by atoms with E-state index in [2.05, 4.69) is 0 Å². The maximum Gasteiger partial charge on any atom is 0.605 e. The molecule has 0 saturated heterocycles. The molecule has 0 spiro atoms. The maximum absolute atomic E-state index is 10.7. The quantitative estimate of drug-likeness (QED) is 0.583. The van der Waals surface area contributed by atoms with Crippen LogP contribution in [0.2, 0.25) is 0 Å². The number of nitrogens with zero attached hydrogens (tertiary/aromatic N) is 1. The lowest BCUT2D eigenvalue weighted by atomic mass is 10.5. The van der Waals surface area contributed by atoms with Crippen LogP contribution in [-0.2, 0) is 9.30 Å². The Balaban J connectivity index is 2.92. The molecule has 1 aliphatic rings. The molecule has 6 heteroatoms. The third-order valence-corrected chi connectivity index (χ3v) is 2.53. The molecule has 0 amide bonds. The molecule has 0 fully saturated rings. The fourth-order valence-electron chi connectivity index (χ4n) is 1.01. The second-order valence-electron chi connectivity index (χ2n) is 2.23. The molecular weight excluding hydrogens is 169 g/mol. The lowest BCUT2D eigenvalue weighted by Gasteiger charge is -1.97. The summed E-state index contributed by atoms with van der Waals surface area (Å²) in [7, 11) is -4.11. The van der Waals surface area contributed by atoms with E-state index in [1.54, 1.807) is 6.92 Å². The van der Waals surface area contributed by atoms with E-state index in [0.29, 0.717) is 18.9 Å². The number of ether oxygens (including phenoxy) is 1. The Morgan fingerprint density at radius 2 is 2.36 bits per heavy atom. The first-order chi connectivity index (χ1) is 5.05. The monoisotopic (exact) mass is 180 g/mol. The summed E-state index contributed by atoms with van der Waals surface area (Å²) in [5.41, 5.74) is 0. The minimum absolute atomic E-state index is 0.285. The third-order valence-electron chi connectivity index (χ3n) is 1.48. The first-order valence-corrected chi connectivity index (χ1v) is 4.94. The molecule has 1 heterocycles. The molecular formula is C5H11NO4P+. The highest BCUT2D eigenvalue weighted by Gasteiger charge is 2.38. The minimum Gasteiger partial charge on any atom is -0.441 e. The lowest BCUT2D eigenvalue weighted by Crippen LogP contribution is -2.11. The number of hydrogen-bond donors (Lipinski definition) is 2. The van der Waals surface area contributed by atoms with Crippen LogP contribution in [0.3, 0.4) is 0 Å². The smallest absolute Gasteiger partial charge is 0.441 e. The normalized spacial score (nSPS) is 18.8. The molecule has 0 aliphatic carbocycles. The highest BCUT2D eigenvalue weighted by Crippen LogP contribution is 2.37. The Morgan fingerprint density at radius 3 is 2.73 bits per heavy atom. The maximum atomic E-state index is 10.7. The van der Waals surface area contributed by atoms with Crippen molar-refractivity contribution >= 4 is 13.6 Å². The van der Waals surface area contributed by atoms with Gasteiger partial charge < -0.3 is 4.74 Å². The van der Waals surface area contributed by atoms with Crippen LogP contribution in [0, 0.1) is 0 Å².